The summed E-state index contributed by atoms with van der Waals surface area (Å²) in [5.74, 6) is 0.190. The first-order valence-electron chi connectivity index (χ1n) is 28.6. The number of thioether (sulfide) groups is 1. The number of carbonyl (C=O) groups is 2. The summed E-state index contributed by atoms with van der Waals surface area (Å²) in [4.78, 5) is 37.5. The zero-order valence-corrected chi connectivity index (χ0v) is 54.1. The van der Waals surface area contributed by atoms with Gasteiger partial charge in [0.1, 0.15) is 6.29 Å². The number of aldehydes is 1. The molecule has 424 valence electrons. The third kappa shape index (κ3) is 19.0. The first-order valence-corrected chi connectivity index (χ1v) is 29.4. The molecular weight excluding hydrogens is 983 g/mol. The summed E-state index contributed by atoms with van der Waals surface area (Å²) in [7, 11) is 2.12. The fourth-order valence-electron chi connectivity index (χ4n) is 9.52. The Hall–Kier alpha value is -6.11. The Balaban J connectivity index is 0.000000277. The smallest absolute Gasteiger partial charge is 0.184 e. The highest BCUT2D eigenvalue weighted by molar-refractivity contribution is 8.04. The molecule has 5 nitrogen and oxygen atoms in total. The molecule has 0 radical (unpaired) electrons. The number of aryl methyl sites for hydroxylation is 5. The standard InChI is InChI=1S/C19H25NO.C19H23N.C18H32.C17H19NOS/c1-11-8-9-12(2)17(10-11)20(7)18-13(3)15(5)19(21)16(6)14(18)4;1-11-8-9-12(2)18(10-11)20-19-16(6)14(4)13(3)15(5)17(19)7;1-6-7-8-12-17(4)14-10-15-18(5)13-9-11-16(2)3;1-10(2)13(5)16-17(12(4)9-19)20-15-8-11(3)6-7-14(15)18-16/h8-10,18H,1-7H3;8-10H,3H2,1-2,4-7H3;11-12,15H,6-10,13-14H2,1-5H3;6-9H,1-5H3/b;;17-12+,18-15+;17-12+. The average molecular weight is 1080 g/mol. The minimum atomic E-state index is 0.170. The van der Waals surface area contributed by atoms with E-state index in [1.165, 1.54) is 117 Å². The van der Waals surface area contributed by atoms with Crippen LogP contribution >= 0.6 is 11.8 Å². The highest BCUT2D eigenvalue weighted by Crippen LogP contribution is 2.43. The molecule has 0 saturated carbocycles. The maximum absolute atomic E-state index is 12.2. The Kier molecular flexibility index (Phi) is 26.9. The van der Waals surface area contributed by atoms with Gasteiger partial charge in [0.2, 0.25) is 0 Å². The molecule has 0 spiro atoms. The van der Waals surface area contributed by atoms with Gasteiger partial charge in [-0.3, -0.25) is 9.59 Å². The topological polar surface area (TPSA) is 62.1 Å². The molecule has 0 amide bonds. The van der Waals surface area contributed by atoms with Gasteiger partial charge in [0, 0.05) is 28.1 Å². The van der Waals surface area contributed by atoms with Crippen LogP contribution in [-0.2, 0) is 9.59 Å². The van der Waals surface area contributed by atoms with Crippen LogP contribution in [0, 0.1) is 34.6 Å². The molecule has 1 heterocycles. The van der Waals surface area contributed by atoms with E-state index in [1.807, 2.05) is 26.8 Å². The lowest BCUT2D eigenvalue weighted by molar-refractivity contribution is -0.112. The van der Waals surface area contributed by atoms with Crippen molar-refractivity contribution in [2.24, 2.45) is 9.98 Å². The van der Waals surface area contributed by atoms with E-state index in [-0.39, 0.29) is 11.8 Å². The van der Waals surface area contributed by atoms with Crippen molar-refractivity contribution in [1.29, 1.82) is 0 Å². The fourth-order valence-corrected chi connectivity index (χ4v) is 10.7. The molecule has 0 unspecified atom stereocenters. The normalized spacial score (nSPS) is 15.5. The van der Waals surface area contributed by atoms with Crippen LogP contribution in [0.25, 0.3) is 0 Å². The Morgan fingerprint density at radius 1 is 0.646 bits per heavy atom. The number of allylic oxidation sites excluding steroid dienone is 17. The number of nitrogens with zero attached hydrogens (tertiary/aromatic N) is 3. The van der Waals surface area contributed by atoms with Crippen LogP contribution in [-0.4, -0.2) is 36.6 Å². The number of benzene rings is 3. The van der Waals surface area contributed by atoms with Gasteiger partial charge in [-0.15, -0.1) is 0 Å². The second kappa shape index (κ2) is 31.6. The quantitative estimate of drug-likeness (QED) is 0.0698. The summed E-state index contributed by atoms with van der Waals surface area (Å²) in [5, 5.41) is 0. The summed E-state index contributed by atoms with van der Waals surface area (Å²) in [6, 6.07) is 19.3. The number of rotatable bonds is 14. The van der Waals surface area contributed by atoms with Gasteiger partial charge >= 0.3 is 0 Å². The van der Waals surface area contributed by atoms with E-state index in [4.69, 9.17) is 9.98 Å². The minimum absolute atomic E-state index is 0.170. The van der Waals surface area contributed by atoms with Crippen LogP contribution in [0.1, 0.15) is 190 Å². The number of hydrogen-bond donors (Lipinski definition) is 0. The fraction of sp³-hybridized carbons (Fsp3) is 0.425. The van der Waals surface area contributed by atoms with E-state index in [9.17, 15) is 9.59 Å². The highest BCUT2D eigenvalue weighted by Gasteiger charge is 2.31. The molecule has 79 heavy (non-hydrogen) atoms. The van der Waals surface area contributed by atoms with Crippen molar-refractivity contribution in [2.45, 2.75) is 208 Å². The second-order valence-electron chi connectivity index (χ2n) is 22.9. The van der Waals surface area contributed by atoms with Crippen molar-refractivity contribution >= 4 is 52.3 Å². The average Bonchev–Trinajstić information content (AvgIpc) is 3.41. The number of likely N-dealkylation sites (N-methyl/N-ethyl adjacent to an activating group) is 1. The number of carbonyl (C=O) groups excluding carboxylic acids is 2. The minimum Gasteiger partial charge on any atom is -0.364 e. The Bertz CT molecular complexity index is 3060. The molecule has 0 saturated heterocycles. The Morgan fingerprint density at radius 2 is 1.15 bits per heavy atom. The van der Waals surface area contributed by atoms with Crippen molar-refractivity contribution in [3.05, 3.63) is 196 Å². The van der Waals surface area contributed by atoms with Crippen molar-refractivity contribution in [1.82, 2.24) is 0 Å². The van der Waals surface area contributed by atoms with Gasteiger partial charge in [0.15, 0.2) is 5.78 Å². The van der Waals surface area contributed by atoms with Gasteiger partial charge < -0.3 is 4.90 Å². The number of Topliss-reactive ketones (excluding diaryl/α,β-unsaturated/α-hetero) is 1. The van der Waals surface area contributed by atoms with E-state index in [1.54, 1.807) is 17.3 Å². The zero-order valence-electron chi connectivity index (χ0n) is 53.3. The van der Waals surface area contributed by atoms with Gasteiger partial charge in [0.25, 0.3) is 0 Å². The van der Waals surface area contributed by atoms with Crippen LogP contribution < -0.4 is 4.90 Å². The molecular formula is C73H99N3O2S. The lowest BCUT2D eigenvalue weighted by Gasteiger charge is -2.37. The third-order valence-corrected chi connectivity index (χ3v) is 17.0. The number of fused-ring (bicyclic) bond motifs is 1. The molecule has 6 heteroatoms. The molecule has 1 aliphatic heterocycles. The molecule has 3 aromatic rings. The molecule has 3 aliphatic rings. The summed E-state index contributed by atoms with van der Waals surface area (Å²) in [5.41, 5.74) is 29.3. The van der Waals surface area contributed by atoms with Gasteiger partial charge in [-0.2, -0.15) is 0 Å². The molecule has 0 aromatic heterocycles. The first kappa shape index (κ1) is 67.2. The summed E-state index contributed by atoms with van der Waals surface area (Å²) in [6.45, 7) is 50.5. The van der Waals surface area contributed by atoms with E-state index < -0.39 is 0 Å². The molecule has 0 N–H and O–H groups in total. The van der Waals surface area contributed by atoms with Gasteiger partial charge in [-0.25, -0.2) is 9.98 Å². The lowest BCUT2D eigenvalue weighted by Crippen LogP contribution is -2.38. The first-order chi connectivity index (χ1) is 37.1. The van der Waals surface area contributed by atoms with Gasteiger partial charge in [-0.1, -0.05) is 109 Å². The van der Waals surface area contributed by atoms with Crippen LogP contribution in [0.2, 0.25) is 0 Å². The predicted octanol–water partition coefficient (Wildman–Crippen LogP) is 21.6. The lowest BCUT2D eigenvalue weighted by atomic mass is 9.83. The molecule has 0 fully saturated rings. The van der Waals surface area contributed by atoms with E-state index in [0.29, 0.717) is 0 Å². The molecule has 0 atom stereocenters. The molecule has 6 rings (SSSR count). The van der Waals surface area contributed by atoms with Crippen molar-refractivity contribution in [3.63, 3.8) is 0 Å². The monoisotopic (exact) mass is 1080 g/mol. The van der Waals surface area contributed by atoms with Crippen LogP contribution in [0.5, 0.6) is 0 Å². The Labute approximate surface area is 485 Å². The van der Waals surface area contributed by atoms with Gasteiger partial charge in [0.05, 0.1) is 28.8 Å². The molecule has 2 aliphatic carbocycles. The number of anilines is 1. The van der Waals surface area contributed by atoms with Crippen molar-refractivity contribution in [3.8, 4) is 0 Å². The maximum Gasteiger partial charge on any atom is 0.184 e. The number of unbranched alkanes of at least 4 members (excludes halogenated alkanes) is 2. The number of hydrogen-bond acceptors (Lipinski definition) is 6. The summed E-state index contributed by atoms with van der Waals surface area (Å²) < 4.78 is 0. The van der Waals surface area contributed by atoms with Crippen LogP contribution in [0.3, 0.4) is 0 Å². The van der Waals surface area contributed by atoms with Crippen molar-refractivity contribution < 1.29 is 9.59 Å². The van der Waals surface area contributed by atoms with E-state index >= 15 is 0 Å². The number of aliphatic imine (C=N–C) groups is 2. The Morgan fingerprint density at radius 3 is 1.68 bits per heavy atom. The second-order valence-corrected chi connectivity index (χ2v) is 23.9. The van der Waals surface area contributed by atoms with Crippen molar-refractivity contribution in [2.75, 3.05) is 11.9 Å². The summed E-state index contributed by atoms with van der Waals surface area (Å²) >= 11 is 1.64. The highest BCUT2D eigenvalue weighted by atomic mass is 32.2. The molecule has 0 bridgehead atoms. The molecule has 3 aromatic carbocycles. The maximum atomic E-state index is 12.2. The predicted molar refractivity (Wildman–Crippen MR) is 351 cm³/mol. The SMILES string of the molecule is C=C1C(C)=C(C)C(=Nc2cc(C)ccc2C)C(C)=C1C.CC(C)=C(C)C1=Nc2ccc(C)cc2S/C1=C(\C)C=O.CC1=C(C)C(N(C)c2cc(C)ccc2C)C(C)=C(C)C1=O.CCCC/C=C(\C)CC/C=C(\C)CCC=C(C)C. The largest absolute Gasteiger partial charge is 0.364 e. The third-order valence-electron chi connectivity index (χ3n) is 15.7. The van der Waals surface area contributed by atoms with Gasteiger partial charge in [-0.05, 0) is 285 Å². The number of ketones is 1. The zero-order chi connectivity index (χ0) is 59.6. The van der Waals surface area contributed by atoms with E-state index in [0.717, 1.165) is 77.9 Å². The van der Waals surface area contributed by atoms with Crippen LogP contribution in [0.15, 0.2) is 183 Å². The van der Waals surface area contributed by atoms with E-state index in [2.05, 4.69) is 217 Å². The summed E-state index contributed by atoms with van der Waals surface area (Å²) in [6.07, 6.45) is 16.8. The van der Waals surface area contributed by atoms with Crippen LogP contribution in [0.4, 0.5) is 17.1 Å².